The van der Waals surface area contributed by atoms with Crippen LogP contribution in [0.3, 0.4) is 0 Å². The van der Waals surface area contributed by atoms with Crippen molar-refractivity contribution < 1.29 is 9.53 Å². The van der Waals surface area contributed by atoms with E-state index >= 15 is 0 Å². The van der Waals surface area contributed by atoms with Crippen LogP contribution in [0.4, 0.5) is 11.6 Å². The van der Waals surface area contributed by atoms with Crippen LogP contribution in [0.15, 0.2) is 84.3 Å². The van der Waals surface area contributed by atoms with Gasteiger partial charge in [0, 0.05) is 16.4 Å². The van der Waals surface area contributed by atoms with Crippen molar-refractivity contribution in [2.75, 3.05) is 10.6 Å². The molecule has 0 saturated heterocycles. The van der Waals surface area contributed by atoms with E-state index < -0.39 is 6.04 Å². The average molecular weight is 541 g/mol. The molecule has 3 aromatic carbocycles. The molecule has 0 saturated carbocycles. The van der Waals surface area contributed by atoms with Crippen LogP contribution >= 0.6 is 34.8 Å². The van der Waals surface area contributed by atoms with E-state index in [2.05, 4.69) is 20.7 Å². The quantitative estimate of drug-likeness (QED) is 0.283. The molecule has 1 aromatic heterocycles. The summed E-state index contributed by atoms with van der Waals surface area (Å²) in [4.78, 5) is 17.8. The van der Waals surface area contributed by atoms with Crippen LogP contribution in [0.25, 0.3) is 0 Å². The number of nitrogens with zero attached hydrogens (tertiary/aromatic N) is 3. The minimum absolute atomic E-state index is 0.268. The van der Waals surface area contributed by atoms with Crippen molar-refractivity contribution in [3.05, 3.63) is 111 Å². The zero-order valence-electron chi connectivity index (χ0n) is 19.0. The first-order valence-electron chi connectivity index (χ1n) is 11.0. The number of carbonyl (C=O) groups is 1. The number of carbonyl (C=O) groups excluding carboxylic acids is 1. The Kier molecular flexibility index (Phi) is 6.87. The van der Waals surface area contributed by atoms with Crippen molar-refractivity contribution in [3.8, 4) is 5.75 Å². The number of hydrogen-bond donors (Lipinski definition) is 2. The normalized spacial score (nSPS) is 14.7. The van der Waals surface area contributed by atoms with Gasteiger partial charge in [0.1, 0.15) is 24.7 Å². The molecule has 0 radical (unpaired) electrons. The molecule has 4 aromatic rings. The predicted molar refractivity (Wildman–Crippen MR) is 142 cm³/mol. The lowest BCUT2D eigenvalue weighted by atomic mass is 9.95. The summed E-state index contributed by atoms with van der Waals surface area (Å²) >= 11 is 18.1. The minimum Gasteiger partial charge on any atom is -0.489 e. The zero-order valence-corrected chi connectivity index (χ0v) is 21.3. The monoisotopic (exact) mass is 539 g/mol. The molecule has 1 unspecified atom stereocenters. The molecule has 1 amide bonds. The molecule has 182 valence electrons. The number of amides is 1. The van der Waals surface area contributed by atoms with Crippen LogP contribution in [0.5, 0.6) is 5.75 Å². The van der Waals surface area contributed by atoms with Gasteiger partial charge >= 0.3 is 0 Å². The Hall–Kier alpha value is -3.52. The first-order chi connectivity index (χ1) is 17.4. The molecule has 1 atom stereocenters. The number of benzene rings is 3. The Balaban J connectivity index is 1.44. The molecule has 2 heterocycles. The highest BCUT2D eigenvalue weighted by Gasteiger charge is 2.33. The molecule has 7 nitrogen and oxygen atoms in total. The van der Waals surface area contributed by atoms with E-state index in [0.717, 1.165) is 11.1 Å². The van der Waals surface area contributed by atoms with Gasteiger partial charge in [0.15, 0.2) is 0 Å². The Bertz CT molecular complexity index is 1470. The Labute approximate surface area is 222 Å². The fourth-order valence-electron chi connectivity index (χ4n) is 4.00. The zero-order chi connectivity index (χ0) is 25.2. The van der Waals surface area contributed by atoms with Gasteiger partial charge in [-0.3, -0.25) is 4.79 Å². The van der Waals surface area contributed by atoms with Crippen molar-refractivity contribution in [2.45, 2.75) is 19.6 Å². The van der Waals surface area contributed by atoms with Gasteiger partial charge in [0.25, 0.3) is 5.91 Å². The fraction of sp³-hybridized carbons (Fsp3) is 0.115. The van der Waals surface area contributed by atoms with Crippen LogP contribution in [-0.2, 0) is 11.4 Å². The van der Waals surface area contributed by atoms with Crippen molar-refractivity contribution in [3.63, 3.8) is 0 Å². The smallest absolute Gasteiger partial charge is 0.255 e. The van der Waals surface area contributed by atoms with Gasteiger partial charge in [0.05, 0.1) is 15.6 Å². The lowest BCUT2D eigenvalue weighted by Crippen LogP contribution is -2.31. The van der Waals surface area contributed by atoms with Crippen LogP contribution in [0.2, 0.25) is 15.1 Å². The lowest BCUT2D eigenvalue weighted by molar-refractivity contribution is -0.113. The van der Waals surface area contributed by atoms with Gasteiger partial charge in [0.2, 0.25) is 5.95 Å². The standard InChI is InChI=1S/C26H20Cl3N5O2/c1-15-23(25(35)33-19-8-6-18(27)7-9-19)24(34-26(32-15)30-14-31-34)17-3-2-4-20(12-17)36-13-16-5-10-21(28)22(29)11-16/h2-12,14,24H,13H2,1H3,(H,33,35)(H,30,31,32). The predicted octanol–water partition coefficient (Wildman–Crippen LogP) is 6.74. The third-order valence-corrected chi connectivity index (χ3v) is 6.70. The molecule has 36 heavy (non-hydrogen) atoms. The van der Waals surface area contributed by atoms with Crippen LogP contribution in [0, 0.1) is 0 Å². The highest BCUT2D eigenvalue weighted by molar-refractivity contribution is 6.42. The molecule has 10 heteroatoms. The van der Waals surface area contributed by atoms with Gasteiger partial charge in [-0.1, -0.05) is 53.0 Å². The molecule has 1 aliphatic heterocycles. The van der Waals surface area contributed by atoms with Gasteiger partial charge in [-0.15, -0.1) is 0 Å². The number of ether oxygens (including phenoxy) is 1. The number of halogens is 3. The van der Waals surface area contributed by atoms with Crippen molar-refractivity contribution in [1.82, 2.24) is 14.8 Å². The second kappa shape index (κ2) is 10.2. The van der Waals surface area contributed by atoms with E-state index in [1.165, 1.54) is 6.33 Å². The maximum absolute atomic E-state index is 13.5. The number of rotatable bonds is 6. The molecule has 2 N–H and O–H groups in total. The summed E-state index contributed by atoms with van der Waals surface area (Å²) in [6.45, 7) is 2.15. The third-order valence-electron chi connectivity index (χ3n) is 5.70. The molecule has 5 rings (SSSR count). The topological polar surface area (TPSA) is 81.1 Å². The highest BCUT2D eigenvalue weighted by Crippen LogP contribution is 2.36. The Morgan fingerprint density at radius 1 is 1.06 bits per heavy atom. The lowest BCUT2D eigenvalue weighted by Gasteiger charge is -2.29. The van der Waals surface area contributed by atoms with E-state index in [1.54, 1.807) is 41.1 Å². The van der Waals surface area contributed by atoms with E-state index in [4.69, 9.17) is 39.5 Å². The number of hydrogen-bond acceptors (Lipinski definition) is 5. The summed E-state index contributed by atoms with van der Waals surface area (Å²) in [7, 11) is 0. The third kappa shape index (κ3) is 5.04. The Morgan fingerprint density at radius 2 is 1.86 bits per heavy atom. The van der Waals surface area contributed by atoms with Crippen molar-refractivity contribution >= 4 is 52.3 Å². The average Bonchev–Trinajstić information content (AvgIpc) is 3.33. The molecular weight excluding hydrogens is 521 g/mol. The molecular formula is C26H20Cl3N5O2. The first-order valence-corrected chi connectivity index (χ1v) is 12.1. The number of anilines is 2. The van der Waals surface area contributed by atoms with Gasteiger partial charge in [-0.05, 0) is 66.6 Å². The van der Waals surface area contributed by atoms with E-state index in [0.29, 0.717) is 50.3 Å². The summed E-state index contributed by atoms with van der Waals surface area (Å²) in [5, 5.41) is 12.1. The van der Waals surface area contributed by atoms with Gasteiger partial charge in [-0.2, -0.15) is 10.1 Å². The fourth-order valence-corrected chi connectivity index (χ4v) is 4.44. The number of fused-ring (bicyclic) bond motifs is 1. The van der Waals surface area contributed by atoms with E-state index in [-0.39, 0.29) is 5.91 Å². The molecule has 0 aliphatic carbocycles. The number of nitrogens with one attached hydrogen (secondary N) is 2. The molecule has 0 bridgehead atoms. The van der Waals surface area contributed by atoms with Crippen LogP contribution in [-0.4, -0.2) is 20.7 Å². The van der Waals surface area contributed by atoms with Crippen LogP contribution in [0.1, 0.15) is 24.1 Å². The largest absolute Gasteiger partial charge is 0.489 e. The van der Waals surface area contributed by atoms with E-state index in [1.807, 2.05) is 37.3 Å². The molecule has 0 spiro atoms. The summed E-state index contributed by atoms with van der Waals surface area (Å²) < 4.78 is 7.71. The SMILES string of the molecule is CC1=C(C(=O)Nc2ccc(Cl)cc2)C(c2cccc(OCc3ccc(Cl)c(Cl)c3)c2)n2ncnc2N1. The summed E-state index contributed by atoms with van der Waals surface area (Å²) in [5.41, 5.74) is 3.51. The number of allylic oxidation sites excluding steroid dienone is 1. The van der Waals surface area contributed by atoms with Crippen molar-refractivity contribution in [1.29, 1.82) is 0 Å². The van der Waals surface area contributed by atoms with Gasteiger partial charge < -0.3 is 15.4 Å². The van der Waals surface area contributed by atoms with Crippen molar-refractivity contribution in [2.24, 2.45) is 0 Å². The van der Waals surface area contributed by atoms with E-state index in [9.17, 15) is 4.79 Å². The summed E-state index contributed by atoms with van der Waals surface area (Å²) in [5.74, 6) is 0.909. The van der Waals surface area contributed by atoms with Crippen LogP contribution < -0.4 is 15.4 Å². The second-order valence-corrected chi connectivity index (χ2v) is 9.42. The maximum atomic E-state index is 13.5. The Morgan fingerprint density at radius 3 is 2.64 bits per heavy atom. The second-order valence-electron chi connectivity index (χ2n) is 8.17. The molecule has 0 fully saturated rings. The highest BCUT2D eigenvalue weighted by atomic mass is 35.5. The minimum atomic E-state index is -0.524. The summed E-state index contributed by atoms with van der Waals surface area (Å²) in [6.07, 6.45) is 1.45. The van der Waals surface area contributed by atoms with Gasteiger partial charge in [-0.25, -0.2) is 4.68 Å². The summed E-state index contributed by atoms with van der Waals surface area (Å²) in [6, 6.07) is 19.3. The first kappa shape index (κ1) is 24.2. The number of aromatic nitrogens is 3. The molecule has 1 aliphatic rings. The maximum Gasteiger partial charge on any atom is 0.255 e.